The van der Waals surface area contributed by atoms with Crippen LogP contribution in [0.4, 0.5) is 0 Å². The summed E-state index contributed by atoms with van der Waals surface area (Å²) in [7, 11) is -6.39. The lowest BCUT2D eigenvalue weighted by Gasteiger charge is -2.43. The van der Waals surface area contributed by atoms with Crippen molar-refractivity contribution < 1.29 is 45.8 Å². The summed E-state index contributed by atoms with van der Waals surface area (Å²) in [5, 5.41) is 12.1. The zero-order valence-corrected chi connectivity index (χ0v) is 28.5. The molecule has 3 aliphatic rings. The standard InChI is InChI=1S/C29H54O10SSi/c1-12-17-18-21(38-40(9,31)32)29(30)25-24(35-28(15-4,16-5)37-25)23(36-29)22(39-41(10,11)26(6,7)8)20-19-33-27(13-2,14-3)34-20/h12,20-25,30H,1,13-19H2,2-11H3/t20-,21-,22-,23+,24-,25-,29+/m1/s1. The van der Waals surface area contributed by atoms with E-state index in [2.05, 4.69) is 40.4 Å². The van der Waals surface area contributed by atoms with E-state index in [1.54, 1.807) is 6.08 Å². The van der Waals surface area contributed by atoms with E-state index in [4.69, 9.17) is 32.3 Å². The molecule has 0 aromatic heterocycles. The highest BCUT2D eigenvalue weighted by molar-refractivity contribution is 7.86. The molecule has 12 heteroatoms. The molecule has 3 fully saturated rings. The summed E-state index contributed by atoms with van der Waals surface area (Å²) >= 11 is 0. The quantitative estimate of drug-likeness (QED) is 0.161. The van der Waals surface area contributed by atoms with Gasteiger partial charge in [-0.15, -0.1) is 6.58 Å². The van der Waals surface area contributed by atoms with E-state index in [-0.39, 0.29) is 18.1 Å². The van der Waals surface area contributed by atoms with Crippen molar-refractivity contribution >= 4 is 18.4 Å². The average molecular weight is 623 g/mol. The van der Waals surface area contributed by atoms with Crippen molar-refractivity contribution in [2.45, 2.75) is 159 Å². The molecule has 41 heavy (non-hydrogen) atoms. The van der Waals surface area contributed by atoms with E-state index in [0.717, 1.165) is 6.26 Å². The zero-order valence-electron chi connectivity index (χ0n) is 26.7. The lowest BCUT2D eigenvalue weighted by Crippen LogP contribution is -2.56. The van der Waals surface area contributed by atoms with Crippen molar-refractivity contribution in [3.8, 4) is 0 Å². The third-order valence-electron chi connectivity index (χ3n) is 9.39. The SMILES string of the molecule is C=CCC[C@@H](OS(C)(=O)=O)[C@]1(O)O[C@@H]([C@H](O[Si](C)(C)C(C)(C)C)[C@H]2COC(CC)(CC)O2)[C@H]2OC(CC)(CC)O[C@H]21. The van der Waals surface area contributed by atoms with Gasteiger partial charge in [0.15, 0.2) is 19.9 Å². The smallest absolute Gasteiger partial charge is 0.264 e. The molecule has 0 spiro atoms. The zero-order chi connectivity index (χ0) is 31.1. The van der Waals surface area contributed by atoms with Crippen LogP contribution in [0.2, 0.25) is 18.1 Å². The number of allylic oxidation sites excluding steroid dienone is 1. The van der Waals surface area contributed by atoms with Gasteiger partial charge in [-0.3, -0.25) is 4.18 Å². The molecular weight excluding hydrogens is 568 g/mol. The van der Waals surface area contributed by atoms with Crippen molar-refractivity contribution in [2.24, 2.45) is 0 Å². The van der Waals surface area contributed by atoms with Gasteiger partial charge in [0, 0.05) is 0 Å². The Morgan fingerprint density at radius 1 is 1.02 bits per heavy atom. The molecular formula is C29H54O10SSi. The van der Waals surface area contributed by atoms with Crippen LogP contribution in [0.1, 0.15) is 87.0 Å². The van der Waals surface area contributed by atoms with Gasteiger partial charge in [-0.05, 0) is 56.7 Å². The fourth-order valence-corrected chi connectivity index (χ4v) is 7.66. The molecule has 0 aromatic rings. The minimum atomic E-state index is -3.96. The number of aliphatic hydroxyl groups is 1. The minimum Gasteiger partial charge on any atom is -0.408 e. The van der Waals surface area contributed by atoms with Crippen LogP contribution in [-0.2, 0) is 42.4 Å². The van der Waals surface area contributed by atoms with E-state index >= 15 is 0 Å². The second-order valence-corrected chi connectivity index (χ2v) is 19.5. The second kappa shape index (κ2) is 12.5. The maximum Gasteiger partial charge on any atom is 0.264 e. The fraction of sp³-hybridized carbons (Fsp3) is 0.931. The fourth-order valence-electron chi connectivity index (χ4n) is 5.68. The first-order chi connectivity index (χ1) is 18.9. The van der Waals surface area contributed by atoms with Crippen molar-refractivity contribution in [2.75, 3.05) is 12.9 Å². The van der Waals surface area contributed by atoms with E-state index in [9.17, 15) is 13.5 Å². The van der Waals surface area contributed by atoms with Crippen molar-refractivity contribution in [3.05, 3.63) is 12.7 Å². The van der Waals surface area contributed by atoms with Crippen LogP contribution in [0.15, 0.2) is 12.7 Å². The van der Waals surface area contributed by atoms with E-state index in [1.807, 2.05) is 27.7 Å². The Morgan fingerprint density at radius 2 is 1.61 bits per heavy atom. The predicted molar refractivity (Wildman–Crippen MR) is 158 cm³/mol. The largest absolute Gasteiger partial charge is 0.408 e. The number of rotatable bonds is 14. The molecule has 0 saturated carbocycles. The first-order valence-corrected chi connectivity index (χ1v) is 19.8. The molecule has 3 saturated heterocycles. The van der Waals surface area contributed by atoms with Gasteiger partial charge in [-0.25, -0.2) is 0 Å². The Bertz CT molecular complexity index is 1000. The van der Waals surface area contributed by atoms with Crippen LogP contribution in [0, 0.1) is 0 Å². The van der Waals surface area contributed by atoms with Crippen LogP contribution in [-0.4, -0.2) is 88.7 Å². The second-order valence-electron chi connectivity index (χ2n) is 13.2. The maximum atomic E-state index is 12.4. The molecule has 0 amide bonds. The summed E-state index contributed by atoms with van der Waals surface area (Å²) in [4.78, 5) is 0. The number of hydrogen-bond donors (Lipinski definition) is 1. The normalized spacial score (nSPS) is 33.0. The van der Waals surface area contributed by atoms with Crippen LogP contribution >= 0.6 is 0 Å². The Morgan fingerprint density at radius 3 is 2.07 bits per heavy atom. The summed E-state index contributed by atoms with van der Waals surface area (Å²) in [5.74, 6) is -3.87. The van der Waals surface area contributed by atoms with Crippen LogP contribution in [0.25, 0.3) is 0 Å². The number of ether oxygens (including phenoxy) is 5. The Kier molecular flexibility index (Phi) is 10.7. The van der Waals surface area contributed by atoms with Crippen LogP contribution in [0.5, 0.6) is 0 Å². The molecule has 0 unspecified atom stereocenters. The van der Waals surface area contributed by atoms with Gasteiger partial charge >= 0.3 is 0 Å². The summed E-state index contributed by atoms with van der Waals surface area (Å²) in [5.41, 5.74) is 0. The van der Waals surface area contributed by atoms with Gasteiger partial charge in [0.25, 0.3) is 10.1 Å². The third-order valence-corrected chi connectivity index (χ3v) is 14.4. The van der Waals surface area contributed by atoms with Crippen molar-refractivity contribution in [1.29, 1.82) is 0 Å². The van der Waals surface area contributed by atoms with E-state index in [0.29, 0.717) is 32.1 Å². The Hall–Kier alpha value is -0.413. The highest BCUT2D eigenvalue weighted by Crippen LogP contribution is 2.51. The van der Waals surface area contributed by atoms with E-state index in [1.165, 1.54) is 0 Å². The lowest BCUT2D eigenvalue weighted by molar-refractivity contribution is -0.317. The van der Waals surface area contributed by atoms with Gasteiger partial charge in [-0.2, -0.15) is 8.42 Å². The van der Waals surface area contributed by atoms with Crippen molar-refractivity contribution in [3.63, 3.8) is 0 Å². The molecule has 3 rings (SSSR count). The molecule has 3 aliphatic heterocycles. The molecule has 10 nitrogen and oxygen atoms in total. The van der Waals surface area contributed by atoms with Crippen LogP contribution in [0.3, 0.4) is 0 Å². The highest BCUT2D eigenvalue weighted by Gasteiger charge is 2.69. The molecule has 0 radical (unpaired) electrons. The predicted octanol–water partition coefficient (Wildman–Crippen LogP) is 5.01. The monoisotopic (exact) mass is 622 g/mol. The molecule has 0 bridgehead atoms. The summed E-state index contributed by atoms with van der Waals surface area (Å²) in [6.45, 7) is 22.7. The van der Waals surface area contributed by atoms with Crippen LogP contribution < -0.4 is 0 Å². The number of fused-ring (bicyclic) bond motifs is 1. The van der Waals surface area contributed by atoms with Gasteiger partial charge < -0.3 is 33.2 Å². The summed E-state index contributed by atoms with van der Waals surface area (Å²) < 4.78 is 69.6. The van der Waals surface area contributed by atoms with Gasteiger partial charge in [0.1, 0.15) is 36.6 Å². The molecule has 0 aromatic carbocycles. The minimum absolute atomic E-state index is 0.138. The molecule has 0 aliphatic carbocycles. The Balaban J connectivity index is 2.13. The highest BCUT2D eigenvalue weighted by atomic mass is 32.2. The maximum absolute atomic E-state index is 12.4. The van der Waals surface area contributed by atoms with Gasteiger partial charge in [0.05, 0.1) is 12.9 Å². The van der Waals surface area contributed by atoms with Gasteiger partial charge in [0.2, 0.25) is 5.79 Å². The number of hydrogen-bond acceptors (Lipinski definition) is 10. The third kappa shape index (κ3) is 7.13. The Labute approximate surface area is 248 Å². The molecule has 1 N–H and O–H groups in total. The lowest BCUT2D eigenvalue weighted by atomic mass is 9.95. The molecule has 240 valence electrons. The first kappa shape index (κ1) is 35.1. The first-order valence-electron chi connectivity index (χ1n) is 15.1. The van der Waals surface area contributed by atoms with Gasteiger partial charge in [-0.1, -0.05) is 54.5 Å². The van der Waals surface area contributed by atoms with Crippen molar-refractivity contribution in [1.82, 2.24) is 0 Å². The van der Waals surface area contributed by atoms with E-state index < -0.39 is 72.4 Å². The average Bonchev–Trinajstić information content (AvgIpc) is 3.57. The summed E-state index contributed by atoms with van der Waals surface area (Å²) in [6.07, 6.45) is 0.374. The topological polar surface area (TPSA) is 119 Å². The molecule has 7 atom stereocenters. The summed E-state index contributed by atoms with van der Waals surface area (Å²) in [6, 6.07) is 0. The molecule has 3 heterocycles.